The predicted molar refractivity (Wildman–Crippen MR) is 61.4 cm³/mol. The van der Waals surface area contributed by atoms with Gasteiger partial charge in [-0.3, -0.25) is 4.79 Å². The standard InChI is InChI=1S/C11H23NO4/c1-4-6-15-8-9-16-7-5-10(12-2)11(13)14-3/h10,12H,4-9H2,1-3H3. The van der Waals surface area contributed by atoms with E-state index in [0.29, 0.717) is 26.2 Å². The van der Waals surface area contributed by atoms with E-state index in [0.717, 1.165) is 13.0 Å². The Morgan fingerprint density at radius 3 is 2.31 bits per heavy atom. The van der Waals surface area contributed by atoms with Gasteiger partial charge in [0.15, 0.2) is 0 Å². The quantitative estimate of drug-likeness (QED) is 0.442. The van der Waals surface area contributed by atoms with Crippen molar-refractivity contribution in [3.05, 3.63) is 0 Å². The highest BCUT2D eigenvalue weighted by Crippen LogP contribution is 1.95. The average molecular weight is 233 g/mol. The summed E-state index contributed by atoms with van der Waals surface area (Å²) in [4.78, 5) is 11.2. The van der Waals surface area contributed by atoms with Crippen molar-refractivity contribution in [2.75, 3.05) is 40.6 Å². The Morgan fingerprint density at radius 1 is 1.19 bits per heavy atom. The molecule has 0 aliphatic heterocycles. The third-order valence-corrected chi connectivity index (χ3v) is 2.11. The van der Waals surface area contributed by atoms with Gasteiger partial charge in [-0.05, 0) is 19.9 Å². The third-order valence-electron chi connectivity index (χ3n) is 2.11. The molecule has 0 spiro atoms. The maximum absolute atomic E-state index is 11.2. The summed E-state index contributed by atoms with van der Waals surface area (Å²) in [5, 5.41) is 2.88. The molecule has 0 aliphatic carbocycles. The minimum atomic E-state index is -0.290. The summed E-state index contributed by atoms with van der Waals surface area (Å²) < 4.78 is 15.2. The first-order valence-electron chi connectivity index (χ1n) is 5.66. The zero-order valence-corrected chi connectivity index (χ0v) is 10.5. The van der Waals surface area contributed by atoms with Crippen LogP contribution in [0.25, 0.3) is 0 Å². The van der Waals surface area contributed by atoms with Gasteiger partial charge in [0.25, 0.3) is 0 Å². The first kappa shape index (κ1) is 15.3. The lowest BCUT2D eigenvalue weighted by molar-refractivity contribution is -0.143. The van der Waals surface area contributed by atoms with Crippen molar-refractivity contribution >= 4 is 5.97 Å². The molecule has 1 N–H and O–H groups in total. The van der Waals surface area contributed by atoms with E-state index in [1.807, 2.05) is 0 Å². The number of rotatable bonds is 10. The van der Waals surface area contributed by atoms with Gasteiger partial charge >= 0.3 is 5.97 Å². The highest BCUT2D eigenvalue weighted by Gasteiger charge is 2.15. The fraction of sp³-hybridized carbons (Fsp3) is 0.909. The van der Waals surface area contributed by atoms with Crippen LogP contribution in [0.2, 0.25) is 0 Å². The minimum Gasteiger partial charge on any atom is -0.468 e. The molecule has 5 heteroatoms. The van der Waals surface area contributed by atoms with Crippen molar-refractivity contribution in [3.8, 4) is 0 Å². The van der Waals surface area contributed by atoms with E-state index < -0.39 is 0 Å². The van der Waals surface area contributed by atoms with Crippen LogP contribution in [0, 0.1) is 0 Å². The molecule has 0 aromatic rings. The fourth-order valence-corrected chi connectivity index (χ4v) is 1.19. The Kier molecular flexibility index (Phi) is 10.4. The molecule has 1 atom stereocenters. The number of esters is 1. The number of likely N-dealkylation sites (N-methyl/N-ethyl adjacent to an activating group) is 1. The Hall–Kier alpha value is -0.650. The Bertz CT molecular complexity index is 175. The van der Waals surface area contributed by atoms with Crippen LogP contribution in [0.15, 0.2) is 0 Å². The fourth-order valence-electron chi connectivity index (χ4n) is 1.19. The molecule has 0 heterocycles. The summed E-state index contributed by atoms with van der Waals surface area (Å²) >= 11 is 0. The first-order valence-corrected chi connectivity index (χ1v) is 5.66. The van der Waals surface area contributed by atoms with E-state index in [1.54, 1.807) is 7.05 Å². The van der Waals surface area contributed by atoms with Crippen LogP contribution in [0.1, 0.15) is 19.8 Å². The SMILES string of the molecule is CCCOCCOCCC(NC)C(=O)OC. The lowest BCUT2D eigenvalue weighted by atomic mass is 10.2. The Morgan fingerprint density at radius 2 is 1.81 bits per heavy atom. The molecule has 0 aliphatic rings. The number of hydrogen-bond acceptors (Lipinski definition) is 5. The van der Waals surface area contributed by atoms with Gasteiger partial charge in [0, 0.05) is 13.2 Å². The van der Waals surface area contributed by atoms with Gasteiger partial charge in [0.05, 0.1) is 20.3 Å². The third kappa shape index (κ3) is 7.62. The van der Waals surface area contributed by atoms with Crippen molar-refractivity contribution in [2.45, 2.75) is 25.8 Å². The number of methoxy groups -OCH3 is 1. The van der Waals surface area contributed by atoms with Gasteiger partial charge in [-0.25, -0.2) is 0 Å². The zero-order valence-electron chi connectivity index (χ0n) is 10.5. The predicted octanol–water partition coefficient (Wildman–Crippen LogP) is 0.581. The van der Waals surface area contributed by atoms with Gasteiger partial charge < -0.3 is 19.5 Å². The van der Waals surface area contributed by atoms with Crippen LogP contribution in [-0.2, 0) is 19.0 Å². The lowest BCUT2D eigenvalue weighted by Gasteiger charge is -2.13. The monoisotopic (exact) mass is 233 g/mol. The number of nitrogens with one attached hydrogen (secondary N) is 1. The van der Waals surface area contributed by atoms with E-state index in [2.05, 4.69) is 17.0 Å². The molecule has 0 bridgehead atoms. The van der Waals surface area contributed by atoms with Crippen molar-refractivity contribution in [1.29, 1.82) is 0 Å². The number of carbonyl (C=O) groups excluding carboxylic acids is 1. The molecule has 0 aromatic carbocycles. The van der Waals surface area contributed by atoms with Gasteiger partial charge in [0.1, 0.15) is 6.04 Å². The maximum atomic E-state index is 11.2. The van der Waals surface area contributed by atoms with Crippen LogP contribution < -0.4 is 5.32 Å². The second kappa shape index (κ2) is 10.9. The maximum Gasteiger partial charge on any atom is 0.322 e. The zero-order chi connectivity index (χ0) is 12.2. The molecule has 0 rings (SSSR count). The van der Waals surface area contributed by atoms with Crippen LogP contribution in [0.3, 0.4) is 0 Å². The molecule has 0 saturated heterocycles. The molecule has 1 unspecified atom stereocenters. The van der Waals surface area contributed by atoms with Gasteiger partial charge in [-0.15, -0.1) is 0 Å². The molecule has 0 amide bonds. The van der Waals surface area contributed by atoms with Crippen LogP contribution >= 0.6 is 0 Å². The number of hydrogen-bond donors (Lipinski definition) is 1. The van der Waals surface area contributed by atoms with Crippen molar-refractivity contribution in [2.24, 2.45) is 0 Å². The van der Waals surface area contributed by atoms with Crippen LogP contribution in [-0.4, -0.2) is 52.6 Å². The van der Waals surface area contributed by atoms with E-state index in [1.165, 1.54) is 7.11 Å². The lowest BCUT2D eigenvalue weighted by Crippen LogP contribution is -2.36. The molecule has 5 nitrogen and oxygen atoms in total. The van der Waals surface area contributed by atoms with Crippen molar-refractivity contribution in [1.82, 2.24) is 5.32 Å². The summed E-state index contributed by atoms with van der Waals surface area (Å²) in [6.45, 7) is 4.53. The number of ether oxygens (including phenoxy) is 3. The molecule has 16 heavy (non-hydrogen) atoms. The van der Waals surface area contributed by atoms with E-state index in [9.17, 15) is 4.79 Å². The summed E-state index contributed by atoms with van der Waals surface area (Å²) in [5.74, 6) is -0.256. The van der Waals surface area contributed by atoms with Crippen molar-refractivity contribution in [3.63, 3.8) is 0 Å². The summed E-state index contributed by atoms with van der Waals surface area (Å²) in [6, 6.07) is -0.290. The smallest absolute Gasteiger partial charge is 0.322 e. The second-order valence-electron chi connectivity index (χ2n) is 3.38. The average Bonchev–Trinajstić information content (AvgIpc) is 2.32. The van der Waals surface area contributed by atoms with Crippen LogP contribution in [0.4, 0.5) is 0 Å². The largest absolute Gasteiger partial charge is 0.468 e. The Labute approximate surface area is 97.4 Å². The molecule has 0 radical (unpaired) electrons. The molecule has 0 aromatic heterocycles. The topological polar surface area (TPSA) is 56.8 Å². The normalized spacial score (nSPS) is 12.4. The van der Waals surface area contributed by atoms with Gasteiger partial charge in [0.2, 0.25) is 0 Å². The highest BCUT2D eigenvalue weighted by molar-refractivity contribution is 5.75. The van der Waals surface area contributed by atoms with Crippen LogP contribution in [0.5, 0.6) is 0 Å². The number of carbonyl (C=O) groups is 1. The van der Waals surface area contributed by atoms with E-state index in [4.69, 9.17) is 9.47 Å². The van der Waals surface area contributed by atoms with Gasteiger partial charge in [-0.2, -0.15) is 0 Å². The minimum absolute atomic E-state index is 0.256. The molecule has 96 valence electrons. The molecular weight excluding hydrogens is 210 g/mol. The van der Waals surface area contributed by atoms with E-state index in [-0.39, 0.29) is 12.0 Å². The summed E-state index contributed by atoms with van der Waals surface area (Å²) in [5.41, 5.74) is 0. The summed E-state index contributed by atoms with van der Waals surface area (Å²) in [7, 11) is 3.11. The summed E-state index contributed by atoms with van der Waals surface area (Å²) in [6.07, 6.45) is 1.63. The second-order valence-corrected chi connectivity index (χ2v) is 3.38. The first-order chi connectivity index (χ1) is 7.76. The highest BCUT2D eigenvalue weighted by atomic mass is 16.5. The van der Waals surface area contributed by atoms with Gasteiger partial charge in [-0.1, -0.05) is 6.92 Å². The molecular formula is C11H23NO4. The van der Waals surface area contributed by atoms with Crippen molar-refractivity contribution < 1.29 is 19.0 Å². The molecule has 0 fully saturated rings. The molecule has 0 saturated carbocycles. The Balaban J connectivity index is 3.38. The van der Waals surface area contributed by atoms with E-state index >= 15 is 0 Å².